The fourth-order valence-corrected chi connectivity index (χ4v) is 3.02. The van der Waals surface area contributed by atoms with E-state index in [4.69, 9.17) is 4.74 Å². The minimum absolute atomic E-state index is 0.0473. The van der Waals surface area contributed by atoms with Gasteiger partial charge < -0.3 is 10.1 Å². The Balaban J connectivity index is 1.88. The summed E-state index contributed by atoms with van der Waals surface area (Å²) in [6.45, 7) is 6.26. The Kier molecular flexibility index (Phi) is 6.39. The molecule has 22 heavy (non-hydrogen) atoms. The van der Waals surface area contributed by atoms with Crippen molar-refractivity contribution in [2.45, 2.75) is 58.2 Å². The normalized spacial score (nSPS) is 18.8. The predicted molar refractivity (Wildman–Crippen MR) is 85.7 cm³/mol. The van der Waals surface area contributed by atoms with Crippen molar-refractivity contribution in [3.05, 3.63) is 17.5 Å². The van der Waals surface area contributed by atoms with Gasteiger partial charge in [-0.1, -0.05) is 0 Å². The van der Waals surface area contributed by atoms with Gasteiger partial charge in [-0.25, -0.2) is 0 Å². The number of ether oxygens (including phenoxy) is 1. The zero-order chi connectivity index (χ0) is 15.9. The molecule has 0 bridgehead atoms. The van der Waals surface area contributed by atoms with Crippen LogP contribution in [-0.2, 0) is 22.5 Å². The van der Waals surface area contributed by atoms with Gasteiger partial charge in [-0.15, -0.1) is 0 Å². The zero-order valence-corrected chi connectivity index (χ0v) is 13.9. The molecule has 0 radical (unpaired) electrons. The summed E-state index contributed by atoms with van der Waals surface area (Å²) in [6.07, 6.45) is 6.08. The first-order valence-electron chi connectivity index (χ1n) is 8.24. The molecular weight excluding hydrogens is 280 g/mol. The van der Waals surface area contributed by atoms with Crippen LogP contribution in [0, 0.1) is 0 Å². The second-order valence-electron chi connectivity index (χ2n) is 5.83. The van der Waals surface area contributed by atoms with E-state index in [0.717, 1.165) is 32.2 Å². The van der Waals surface area contributed by atoms with Crippen molar-refractivity contribution in [1.29, 1.82) is 0 Å². The molecule has 124 valence electrons. The van der Waals surface area contributed by atoms with E-state index in [1.165, 1.54) is 11.3 Å². The molecule has 0 unspecified atom stereocenters. The van der Waals surface area contributed by atoms with E-state index in [2.05, 4.69) is 27.3 Å². The summed E-state index contributed by atoms with van der Waals surface area (Å²) >= 11 is 0. The topological polar surface area (TPSA) is 68.2 Å². The van der Waals surface area contributed by atoms with Gasteiger partial charge in [-0.3, -0.25) is 14.8 Å². The van der Waals surface area contributed by atoms with Crippen LogP contribution in [0.15, 0.2) is 6.20 Å². The molecule has 0 aromatic carbocycles. The molecule has 0 saturated carbocycles. The van der Waals surface area contributed by atoms with Crippen molar-refractivity contribution in [2.75, 3.05) is 20.3 Å². The van der Waals surface area contributed by atoms with Gasteiger partial charge in [-0.05, 0) is 39.5 Å². The molecule has 2 rings (SSSR count). The zero-order valence-electron chi connectivity index (χ0n) is 13.9. The summed E-state index contributed by atoms with van der Waals surface area (Å²) < 4.78 is 7.05. The summed E-state index contributed by atoms with van der Waals surface area (Å²) in [6, 6.07) is 0.0206. The number of rotatable bonds is 8. The molecule has 1 aliphatic rings. The Labute approximate surface area is 132 Å². The average molecular weight is 308 g/mol. The van der Waals surface area contributed by atoms with Crippen LogP contribution in [-0.4, -0.2) is 42.0 Å². The van der Waals surface area contributed by atoms with Crippen LogP contribution >= 0.6 is 0 Å². The SMILES string of the molecule is CCn1ncc2c1CCC[C@@H]2N[C@H](C)C(=O)NCCCOC. The number of carbonyl (C=O) groups is 1. The van der Waals surface area contributed by atoms with Crippen molar-refractivity contribution in [1.82, 2.24) is 20.4 Å². The number of nitrogens with one attached hydrogen (secondary N) is 2. The predicted octanol–water partition coefficient (Wildman–Crippen LogP) is 1.41. The molecule has 1 heterocycles. The summed E-state index contributed by atoms with van der Waals surface area (Å²) in [5.41, 5.74) is 2.58. The molecular formula is C16H28N4O2. The first-order chi connectivity index (χ1) is 10.7. The van der Waals surface area contributed by atoms with E-state index >= 15 is 0 Å². The Morgan fingerprint density at radius 3 is 3.14 bits per heavy atom. The van der Waals surface area contributed by atoms with Gasteiger partial charge in [0.25, 0.3) is 0 Å². The third-order valence-corrected chi connectivity index (χ3v) is 4.23. The minimum Gasteiger partial charge on any atom is -0.385 e. The van der Waals surface area contributed by atoms with E-state index < -0.39 is 0 Å². The standard InChI is InChI=1S/C16H28N4O2/c1-4-20-15-8-5-7-14(13(15)11-18-20)19-12(2)16(21)17-9-6-10-22-3/h11-12,14,19H,4-10H2,1-3H3,(H,17,21)/t12-,14+/m1/s1. The summed E-state index contributed by atoms with van der Waals surface area (Å²) in [7, 11) is 1.67. The van der Waals surface area contributed by atoms with E-state index in [0.29, 0.717) is 13.2 Å². The van der Waals surface area contributed by atoms with Gasteiger partial charge in [0.05, 0.1) is 12.2 Å². The second-order valence-corrected chi connectivity index (χ2v) is 5.83. The van der Waals surface area contributed by atoms with Crippen LogP contribution in [0.3, 0.4) is 0 Å². The number of methoxy groups -OCH3 is 1. The highest BCUT2D eigenvalue weighted by Crippen LogP contribution is 2.29. The Bertz CT molecular complexity index is 486. The molecule has 0 saturated heterocycles. The van der Waals surface area contributed by atoms with Crippen molar-refractivity contribution in [2.24, 2.45) is 0 Å². The molecule has 6 heteroatoms. The molecule has 0 spiro atoms. The number of nitrogens with zero attached hydrogens (tertiary/aromatic N) is 2. The van der Waals surface area contributed by atoms with Crippen LogP contribution in [0.1, 0.15) is 50.4 Å². The van der Waals surface area contributed by atoms with Gasteiger partial charge in [-0.2, -0.15) is 5.10 Å². The van der Waals surface area contributed by atoms with E-state index in [1.807, 2.05) is 13.1 Å². The Morgan fingerprint density at radius 1 is 1.59 bits per heavy atom. The summed E-state index contributed by atoms with van der Waals surface area (Å²) in [5, 5.41) is 10.9. The quantitative estimate of drug-likeness (QED) is 0.713. The largest absolute Gasteiger partial charge is 0.385 e. The lowest BCUT2D eigenvalue weighted by molar-refractivity contribution is -0.123. The second kappa shape index (κ2) is 8.29. The average Bonchev–Trinajstić information content (AvgIpc) is 2.95. The van der Waals surface area contributed by atoms with Gasteiger partial charge >= 0.3 is 0 Å². The molecule has 1 aliphatic carbocycles. The van der Waals surface area contributed by atoms with Gasteiger partial charge in [0.1, 0.15) is 0 Å². The monoisotopic (exact) mass is 308 g/mol. The van der Waals surface area contributed by atoms with Gasteiger partial charge in [0, 0.05) is 44.1 Å². The Hall–Kier alpha value is -1.40. The van der Waals surface area contributed by atoms with Gasteiger partial charge in [0.2, 0.25) is 5.91 Å². The number of aryl methyl sites for hydroxylation is 1. The van der Waals surface area contributed by atoms with E-state index in [9.17, 15) is 4.79 Å². The summed E-state index contributed by atoms with van der Waals surface area (Å²) in [4.78, 5) is 12.1. The number of hydrogen-bond donors (Lipinski definition) is 2. The van der Waals surface area contributed by atoms with Crippen molar-refractivity contribution >= 4 is 5.91 Å². The molecule has 2 atom stereocenters. The molecule has 1 amide bonds. The van der Waals surface area contributed by atoms with Crippen LogP contribution in [0.2, 0.25) is 0 Å². The molecule has 6 nitrogen and oxygen atoms in total. The molecule has 2 N–H and O–H groups in total. The van der Waals surface area contributed by atoms with Crippen LogP contribution in [0.25, 0.3) is 0 Å². The maximum atomic E-state index is 12.1. The first kappa shape index (κ1) is 17.0. The number of carbonyl (C=O) groups excluding carboxylic acids is 1. The highest BCUT2D eigenvalue weighted by Gasteiger charge is 2.26. The maximum absolute atomic E-state index is 12.1. The fourth-order valence-electron chi connectivity index (χ4n) is 3.02. The molecule has 0 aliphatic heterocycles. The van der Waals surface area contributed by atoms with E-state index in [1.54, 1.807) is 7.11 Å². The lowest BCUT2D eigenvalue weighted by atomic mass is 9.92. The number of hydrogen-bond acceptors (Lipinski definition) is 4. The third kappa shape index (κ3) is 4.08. The molecule has 1 aromatic rings. The maximum Gasteiger partial charge on any atom is 0.236 e. The number of fused-ring (bicyclic) bond motifs is 1. The first-order valence-corrected chi connectivity index (χ1v) is 8.24. The number of aromatic nitrogens is 2. The molecule has 0 fully saturated rings. The van der Waals surface area contributed by atoms with Crippen LogP contribution in [0.4, 0.5) is 0 Å². The highest BCUT2D eigenvalue weighted by molar-refractivity contribution is 5.81. The van der Waals surface area contributed by atoms with Crippen molar-refractivity contribution < 1.29 is 9.53 Å². The van der Waals surface area contributed by atoms with Crippen molar-refractivity contribution in [3.8, 4) is 0 Å². The highest BCUT2D eigenvalue weighted by atomic mass is 16.5. The fraction of sp³-hybridized carbons (Fsp3) is 0.750. The smallest absolute Gasteiger partial charge is 0.236 e. The lowest BCUT2D eigenvalue weighted by Gasteiger charge is -2.27. The van der Waals surface area contributed by atoms with Gasteiger partial charge in [0.15, 0.2) is 0 Å². The minimum atomic E-state index is -0.205. The summed E-state index contributed by atoms with van der Waals surface area (Å²) in [5.74, 6) is 0.0473. The number of amides is 1. The van der Waals surface area contributed by atoms with E-state index in [-0.39, 0.29) is 18.0 Å². The third-order valence-electron chi connectivity index (χ3n) is 4.23. The molecule has 1 aromatic heterocycles. The van der Waals surface area contributed by atoms with Crippen LogP contribution < -0.4 is 10.6 Å². The Morgan fingerprint density at radius 2 is 2.41 bits per heavy atom. The van der Waals surface area contributed by atoms with Crippen LogP contribution in [0.5, 0.6) is 0 Å². The lowest BCUT2D eigenvalue weighted by Crippen LogP contribution is -2.44. The van der Waals surface area contributed by atoms with Crippen molar-refractivity contribution in [3.63, 3.8) is 0 Å².